The molecule has 0 aliphatic carbocycles. The van der Waals surface area contributed by atoms with Crippen LogP contribution in [0.1, 0.15) is 49.2 Å². The second-order valence-electron chi connectivity index (χ2n) is 6.38. The van der Waals surface area contributed by atoms with Crippen molar-refractivity contribution >= 4 is 37.6 Å². The van der Waals surface area contributed by atoms with E-state index >= 15 is 0 Å². The molecule has 1 rings (SSSR count). The third-order valence-electron chi connectivity index (χ3n) is 3.22. The van der Waals surface area contributed by atoms with Crippen molar-refractivity contribution in [3.63, 3.8) is 0 Å². The van der Waals surface area contributed by atoms with Crippen LogP contribution in [0.2, 0.25) is 0 Å². The SMILES string of the molecule is CCP(CC)OCCN(C=O)c1cc(C#CC(C)(C)C)sc1C(=O)O. The number of thiophene rings is 1. The van der Waals surface area contributed by atoms with Gasteiger partial charge in [-0.3, -0.25) is 4.79 Å². The zero-order valence-corrected chi connectivity index (χ0v) is 17.2. The van der Waals surface area contributed by atoms with Crippen molar-refractivity contribution in [2.75, 3.05) is 30.4 Å². The number of aromatic carboxylic acids is 1. The van der Waals surface area contributed by atoms with Crippen LogP contribution in [0.4, 0.5) is 5.69 Å². The lowest BCUT2D eigenvalue weighted by molar-refractivity contribution is -0.107. The molecule has 0 spiro atoms. The molecule has 5 nitrogen and oxygen atoms in total. The molecule has 0 saturated carbocycles. The molecule has 0 atom stereocenters. The van der Waals surface area contributed by atoms with E-state index in [1.54, 1.807) is 6.07 Å². The van der Waals surface area contributed by atoms with Gasteiger partial charge in [-0.05, 0) is 39.2 Å². The van der Waals surface area contributed by atoms with Gasteiger partial charge in [0.2, 0.25) is 6.41 Å². The Labute approximate surface area is 155 Å². The summed E-state index contributed by atoms with van der Waals surface area (Å²) in [4.78, 5) is 25.1. The van der Waals surface area contributed by atoms with Crippen LogP contribution in [0.15, 0.2) is 6.07 Å². The summed E-state index contributed by atoms with van der Waals surface area (Å²) in [5.74, 6) is 5.04. The summed E-state index contributed by atoms with van der Waals surface area (Å²) < 4.78 is 5.79. The van der Waals surface area contributed by atoms with Gasteiger partial charge >= 0.3 is 5.97 Å². The molecule has 1 aromatic heterocycles. The van der Waals surface area contributed by atoms with E-state index in [1.807, 2.05) is 20.8 Å². The quantitative estimate of drug-likeness (QED) is 0.393. The smallest absolute Gasteiger partial charge is 0.348 e. The van der Waals surface area contributed by atoms with E-state index in [9.17, 15) is 14.7 Å². The first-order valence-corrected chi connectivity index (χ1v) is 10.7. The minimum absolute atomic E-state index is 0.124. The Bertz CT molecular complexity index is 650. The number of hydrogen-bond acceptors (Lipinski definition) is 4. The van der Waals surface area contributed by atoms with Gasteiger partial charge in [0.25, 0.3) is 0 Å². The van der Waals surface area contributed by atoms with Crippen LogP contribution in [0, 0.1) is 17.3 Å². The summed E-state index contributed by atoms with van der Waals surface area (Å²) in [7, 11) is -0.473. The molecule has 138 valence electrons. The summed E-state index contributed by atoms with van der Waals surface area (Å²) in [6.45, 7) is 10.8. The minimum Gasteiger partial charge on any atom is -0.477 e. The van der Waals surface area contributed by atoms with E-state index in [1.165, 1.54) is 4.90 Å². The molecule has 0 aliphatic rings. The molecule has 1 heterocycles. The highest BCUT2D eigenvalue weighted by atomic mass is 32.1. The monoisotopic (exact) mass is 383 g/mol. The molecule has 7 heteroatoms. The van der Waals surface area contributed by atoms with Gasteiger partial charge in [0.05, 0.1) is 17.2 Å². The van der Waals surface area contributed by atoms with E-state index in [4.69, 9.17) is 4.52 Å². The Morgan fingerprint density at radius 3 is 2.52 bits per heavy atom. The van der Waals surface area contributed by atoms with E-state index in [2.05, 4.69) is 25.7 Å². The molecule has 0 saturated heterocycles. The Balaban J connectivity index is 2.98. The first-order chi connectivity index (χ1) is 11.7. The maximum Gasteiger partial charge on any atom is 0.348 e. The third kappa shape index (κ3) is 7.15. The van der Waals surface area contributed by atoms with Gasteiger partial charge in [-0.2, -0.15) is 0 Å². The van der Waals surface area contributed by atoms with Crippen LogP contribution in [0.25, 0.3) is 0 Å². The lowest BCUT2D eigenvalue weighted by atomic mass is 9.98. The average molecular weight is 383 g/mol. The zero-order chi connectivity index (χ0) is 19.0. The minimum atomic E-state index is -1.05. The highest BCUT2D eigenvalue weighted by Gasteiger charge is 2.20. The fourth-order valence-electron chi connectivity index (χ4n) is 1.96. The number of carboxylic acids is 1. The molecule has 0 bridgehead atoms. The fourth-order valence-corrected chi connectivity index (χ4v) is 3.98. The Morgan fingerprint density at radius 1 is 1.40 bits per heavy atom. The Hall–Kier alpha value is -1.41. The van der Waals surface area contributed by atoms with Gasteiger partial charge in [-0.25, -0.2) is 4.79 Å². The molecule has 1 N–H and O–H groups in total. The van der Waals surface area contributed by atoms with Crippen LogP contribution in [-0.2, 0) is 9.32 Å². The fraction of sp³-hybridized carbons (Fsp3) is 0.556. The molecule has 0 aliphatic heterocycles. The molecule has 0 radical (unpaired) electrons. The van der Waals surface area contributed by atoms with Crippen LogP contribution in [0.3, 0.4) is 0 Å². The maximum absolute atomic E-state index is 11.5. The number of carboxylic acid groups (broad SMARTS) is 1. The van der Waals surface area contributed by atoms with Gasteiger partial charge < -0.3 is 14.5 Å². The summed E-state index contributed by atoms with van der Waals surface area (Å²) in [5, 5.41) is 9.43. The third-order valence-corrected chi connectivity index (χ3v) is 6.20. The van der Waals surface area contributed by atoms with Gasteiger partial charge in [0.15, 0.2) is 0 Å². The Morgan fingerprint density at radius 2 is 2.04 bits per heavy atom. The number of amides is 1. The lowest BCUT2D eigenvalue weighted by Gasteiger charge is -2.19. The predicted octanol–water partition coefficient (Wildman–Crippen LogP) is 4.26. The second kappa shape index (κ2) is 9.91. The van der Waals surface area contributed by atoms with E-state index < -0.39 is 14.1 Å². The van der Waals surface area contributed by atoms with Crippen molar-refractivity contribution in [3.8, 4) is 11.8 Å². The molecule has 1 aromatic rings. The highest BCUT2D eigenvalue weighted by Crippen LogP contribution is 2.35. The molecule has 0 aromatic carbocycles. The van der Waals surface area contributed by atoms with Crippen LogP contribution in [0.5, 0.6) is 0 Å². The van der Waals surface area contributed by atoms with Crippen molar-refractivity contribution in [1.29, 1.82) is 0 Å². The van der Waals surface area contributed by atoms with E-state index in [-0.39, 0.29) is 10.3 Å². The standard InChI is InChI=1S/C18H26NO4PS/c1-6-24(7-2)23-11-10-19(13-20)15-12-14(8-9-18(3,4)5)25-16(15)17(21)22/h12-13H,6-7,10-11H2,1-5H3,(H,21,22). The number of nitrogens with zero attached hydrogens (tertiary/aromatic N) is 1. The van der Waals surface area contributed by atoms with Gasteiger partial charge in [0.1, 0.15) is 4.88 Å². The number of carbonyl (C=O) groups excluding carboxylic acids is 1. The molecular weight excluding hydrogens is 357 g/mol. The second-order valence-corrected chi connectivity index (χ2v) is 9.92. The van der Waals surface area contributed by atoms with Crippen LogP contribution >= 0.6 is 19.5 Å². The topological polar surface area (TPSA) is 66.8 Å². The maximum atomic E-state index is 11.5. The summed E-state index contributed by atoms with van der Waals surface area (Å²) in [6, 6.07) is 1.67. The van der Waals surface area contributed by atoms with Crippen molar-refractivity contribution in [3.05, 3.63) is 15.8 Å². The normalized spacial score (nSPS) is 11.1. The van der Waals surface area contributed by atoms with Gasteiger partial charge in [-0.15, -0.1) is 11.3 Å². The number of hydrogen-bond donors (Lipinski definition) is 1. The van der Waals surface area contributed by atoms with Crippen LogP contribution < -0.4 is 4.90 Å². The molecule has 1 amide bonds. The number of carbonyl (C=O) groups is 2. The summed E-state index contributed by atoms with van der Waals surface area (Å²) >= 11 is 1.09. The first-order valence-electron chi connectivity index (χ1n) is 8.21. The van der Waals surface area contributed by atoms with Gasteiger partial charge in [0, 0.05) is 20.1 Å². The van der Waals surface area contributed by atoms with Crippen molar-refractivity contribution in [1.82, 2.24) is 0 Å². The molecule has 0 fully saturated rings. The predicted molar refractivity (Wildman–Crippen MR) is 105 cm³/mol. The number of rotatable bonds is 9. The highest BCUT2D eigenvalue weighted by molar-refractivity contribution is 7.52. The van der Waals surface area contributed by atoms with E-state index in [0.29, 0.717) is 30.1 Å². The Kier molecular flexibility index (Phi) is 8.58. The summed E-state index contributed by atoms with van der Waals surface area (Å²) in [5.41, 5.74) is 0.204. The van der Waals surface area contributed by atoms with Gasteiger partial charge in [-0.1, -0.05) is 25.7 Å². The average Bonchev–Trinajstić information content (AvgIpc) is 2.97. The van der Waals surface area contributed by atoms with Crippen LogP contribution in [-0.4, -0.2) is 43.0 Å². The molecule has 0 unspecified atom stereocenters. The van der Waals surface area contributed by atoms with E-state index in [0.717, 1.165) is 23.7 Å². The number of anilines is 1. The largest absolute Gasteiger partial charge is 0.477 e. The zero-order valence-electron chi connectivity index (χ0n) is 15.5. The lowest BCUT2D eigenvalue weighted by Crippen LogP contribution is -2.26. The first kappa shape index (κ1) is 21.6. The molecule has 25 heavy (non-hydrogen) atoms. The molecular formula is C18H26NO4PS. The van der Waals surface area contributed by atoms with Crippen molar-refractivity contribution in [2.45, 2.75) is 34.6 Å². The van der Waals surface area contributed by atoms with Crippen molar-refractivity contribution < 1.29 is 19.2 Å². The summed E-state index contributed by atoms with van der Waals surface area (Å²) in [6.07, 6.45) is 2.59. The van der Waals surface area contributed by atoms with Crippen molar-refractivity contribution in [2.24, 2.45) is 5.41 Å².